The van der Waals surface area contributed by atoms with Gasteiger partial charge in [-0.05, 0) is 31.4 Å². The predicted molar refractivity (Wildman–Crippen MR) is 87.0 cm³/mol. The summed E-state index contributed by atoms with van der Waals surface area (Å²) in [5, 5.41) is 1.16. The normalized spacial score (nSPS) is 26.2. The van der Waals surface area contributed by atoms with Gasteiger partial charge in [-0.2, -0.15) is 4.37 Å². The van der Waals surface area contributed by atoms with E-state index in [0.29, 0.717) is 19.5 Å². The third kappa shape index (κ3) is 2.87. The minimum absolute atomic E-state index is 0.0462. The summed E-state index contributed by atoms with van der Waals surface area (Å²) in [7, 11) is -0.835. The third-order valence-corrected chi connectivity index (χ3v) is 6.62. The van der Waals surface area contributed by atoms with Crippen molar-refractivity contribution in [1.29, 1.82) is 0 Å². The van der Waals surface area contributed by atoms with Crippen LogP contribution in [-0.2, 0) is 22.0 Å². The molecule has 2 atom stereocenters. The van der Waals surface area contributed by atoms with Crippen LogP contribution in [-0.4, -0.2) is 43.0 Å². The maximum atomic E-state index is 12.5. The maximum absolute atomic E-state index is 12.5. The fourth-order valence-corrected chi connectivity index (χ4v) is 5.00. The molecule has 2 aromatic rings. The van der Waals surface area contributed by atoms with Crippen LogP contribution in [0, 0.1) is 0 Å². The highest BCUT2D eigenvalue weighted by molar-refractivity contribution is 7.86. The Bertz CT molecular complexity index is 684. The number of aromatic nitrogens is 1. The summed E-state index contributed by atoms with van der Waals surface area (Å²) in [4.78, 5) is 14.3. The molecule has 2 heterocycles. The molecule has 1 aliphatic heterocycles. The molecule has 4 nitrogen and oxygen atoms in total. The van der Waals surface area contributed by atoms with Gasteiger partial charge in [0.1, 0.15) is 0 Å². The fraction of sp³-hybridized carbons (Fsp3) is 0.467. The van der Waals surface area contributed by atoms with Gasteiger partial charge < -0.3 is 4.90 Å². The lowest BCUT2D eigenvalue weighted by atomic mass is 10.1. The minimum atomic E-state index is -0.835. The van der Waals surface area contributed by atoms with Gasteiger partial charge >= 0.3 is 0 Å². The number of nitrogens with zero attached hydrogens (tertiary/aromatic N) is 2. The Labute approximate surface area is 130 Å². The van der Waals surface area contributed by atoms with Crippen molar-refractivity contribution in [2.75, 3.05) is 13.1 Å². The molecular weight excluding hydrogens is 304 g/mol. The first-order valence-corrected chi connectivity index (χ1v) is 9.11. The van der Waals surface area contributed by atoms with Crippen LogP contribution in [0.4, 0.5) is 0 Å². The number of carbonyl (C=O) groups excluding carboxylic acids is 1. The van der Waals surface area contributed by atoms with E-state index in [1.54, 1.807) is 0 Å². The van der Waals surface area contributed by atoms with Crippen molar-refractivity contribution in [3.05, 3.63) is 30.0 Å². The third-order valence-electron chi connectivity index (χ3n) is 3.87. The minimum Gasteiger partial charge on any atom is -0.340 e. The first kappa shape index (κ1) is 14.7. The maximum Gasteiger partial charge on any atom is 0.228 e. The van der Waals surface area contributed by atoms with Gasteiger partial charge in [0.05, 0.1) is 16.8 Å². The summed E-state index contributed by atoms with van der Waals surface area (Å²) in [6.45, 7) is 5.06. The zero-order valence-electron chi connectivity index (χ0n) is 12.1. The van der Waals surface area contributed by atoms with E-state index < -0.39 is 10.8 Å². The molecule has 1 aromatic heterocycles. The molecule has 0 radical (unpaired) electrons. The summed E-state index contributed by atoms with van der Waals surface area (Å²) in [6.07, 6.45) is 0.329. The van der Waals surface area contributed by atoms with E-state index in [2.05, 4.69) is 4.37 Å². The Morgan fingerprint density at radius 2 is 2.00 bits per heavy atom. The van der Waals surface area contributed by atoms with Crippen molar-refractivity contribution in [2.45, 2.75) is 30.8 Å². The highest BCUT2D eigenvalue weighted by atomic mass is 32.2. The van der Waals surface area contributed by atoms with Crippen LogP contribution >= 0.6 is 11.5 Å². The Hall–Kier alpha value is -1.27. The van der Waals surface area contributed by atoms with Crippen molar-refractivity contribution in [1.82, 2.24) is 9.27 Å². The second-order valence-electron chi connectivity index (χ2n) is 5.55. The second kappa shape index (κ2) is 5.85. The van der Waals surface area contributed by atoms with Gasteiger partial charge in [0.25, 0.3) is 0 Å². The van der Waals surface area contributed by atoms with E-state index in [9.17, 15) is 9.00 Å². The van der Waals surface area contributed by atoms with E-state index >= 15 is 0 Å². The number of amides is 1. The molecule has 3 rings (SSSR count). The molecule has 0 saturated carbocycles. The monoisotopic (exact) mass is 322 g/mol. The van der Waals surface area contributed by atoms with Gasteiger partial charge in [-0.3, -0.25) is 9.00 Å². The zero-order valence-corrected chi connectivity index (χ0v) is 13.7. The van der Waals surface area contributed by atoms with Crippen molar-refractivity contribution in [3.63, 3.8) is 0 Å². The first-order chi connectivity index (χ1) is 10.1. The summed E-state index contributed by atoms with van der Waals surface area (Å²) in [5.74, 6) is 0.0847. The number of rotatable bonds is 2. The zero-order chi connectivity index (χ0) is 15.0. The number of carbonyl (C=O) groups is 1. The number of fused-ring (bicyclic) bond motifs is 1. The average molecular weight is 322 g/mol. The van der Waals surface area contributed by atoms with E-state index in [4.69, 9.17) is 0 Å². The van der Waals surface area contributed by atoms with E-state index in [0.717, 1.165) is 15.8 Å². The highest BCUT2D eigenvalue weighted by Crippen LogP contribution is 2.23. The second-order valence-corrected chi connectivity index (χ2v) is 8.62. The van der Waals surface area contributed by atoms with Crippen LogP contribution < -0.4 is 0 Å². The van der Waals surface area contributed by atoms with Crippen molar-refractivity contribution in [3.8, 4) is 0 Å². The molecule has 0 aliphatic carbocycles. The van der Waals surface area contributed by atoms with Crippen LogP contribution in [0.3, 0.4) is 0 Å². The van der Waals surface area contributed by atoms with E-state index in [1.807, 2.05) is 43.0 Å². The Kier molecular flexibility index (Phi) is 4.08. The molecule has 1 aromatic carbocycles. The molecule has 0 bridgehead atoms. The molecular formula is C15H18N2O2S2. The first-order valence-electron chi connectivity index (χ1n) is 7.06. The number of hydrogen-bond acceptors (Lipinski definition) is 4. The molecule has 21 heavy (non-hydrogen) atoms. The number of hydrogen-bond donors (Lipinski definition) is 0. The molecule has 0 spiro atoms. The molecule has 112 valence electrons. The van der Waals surface area contributed by atoms with Gasteiger partial charge in [-0.25, -0.2) is 0 Å². The number of benzene rings is 1. The molecule has 1 fully saturated rings. The molecule has 2 unspecified atom stereocenters. The quantitative estimate of drug-likeness (QED) is 0.852. The van der Waals surface area contributed by atoms with Gasteiger partial charge in [0.15, 0.2) is 0 Å². The van der Waals surface area contributed by atoms with Crippen molar-refractivity contribution >= 4 is 38.3 Å². The topological polar surface area (TPSA) is 50.3 Å². The summed E-state index contributed by atoms with van der Waals surface area (Å²) in [5.41, 5.74) is 0.854. The van der Waals surface area contributed by atoms with Gasteiger partial charge in [0.2, 0.25) is 5.91 Å². The van der Waals surface area contributed by atoms with Crippen molar-refractivity contribution < 1.29 is 9.00 Å². The van der Waals surface area contributed by atoms with Gasteiger partial charge in [-0.1, -0.05) is 18.2 Å². The summed E-state index contributed by atoms with van der Waals surface area (Å²) < 4.78 is 17.5. The SMILES string of the molecule is CC1CN(C(=O)Cc2nsc3ccccc23)CC(C)S1=O. The lowest BCUT2D eigenvalue weighted by molar-refractivity contribution is -0.130. The molecule has 0 N–H and O–H groups in total. The molecule has 6 heteroatoms. The predicted octanol–water partition coefficient (Wildman–Crippen LogP) is 2.21. The Balaban J connectivity index is 1.76. The van der Waals surface area contributed by atoms with Crippen LogP contribution in [0.2, 0.25) is 0 Å². The van der Waals surface area contributed by atoms with E-state index in [-0.39, 0.29) is 16.4 Å². The van der Waals surface area contributed by atoms with Crippen LogP contribution in [0.15, 0.2) is 24.3 Å². The average Bonchev–Trinajstić information content (AvgIpc) is 2.87. The Morgan fingerprint density at radius 1 is 1.33 bits per heavy atom. The standard InChI is InChI=1S/C15H18N2O2S2/c1-10-8-17(9-11(2)21(10)19)15(18)7-13-12-5-3-4-6-14(12)20-16-13/h3-6,10-11H,7-9H2,1-2H3. The molecule has 1 aliphatic rings. The lowest BCUT2D eigenvalue weighted by Crippen LogP contribution is -2.50. The smallest absolute Gasteiger partial charge is 0.228 e. The van der Waals surface area contributed by atoms with Gasteiger partial charge in [0, 0.05) is 39.8 Å². The van der Waals surface area contributed by atoms with Crippen LogP contribution in [0.25, 0.3) is 10.1 Å². The molecule has 1 amide bonds. The fourth-order valence-electron chi connectivity index (χ4n) is 2.76. The summed E-state index contributed by atoms with van der Waals surface area (Å²) in [6, 6.07) is 7.99. The largest absolute Gasteiger partial charge is 0.340 e. The van der Waals surface area contributed by atoms with Crippen LogP contribution in [0.1, 0.15) is 19.5 Å². The van der Waals surface area contributed by atoms with Crippen LogP contribution in [0.5, 0.6) is 0 Å². The summed E-state index contributed by atoms with van der Waals surface area (Å²) >= 11 is 1.43. The highest BCUT2D eigenvalue weighted by Gasteiger charge is 2.31. The molecule has 1 saturated heterocycles. The lowest BCUT2D eigenvalue weighted by Gasteiger charge is -2.34. The van der Waals surface area contributed by atoms with Crippen molar-refractivity contribution in [2.24, 2.45) is 0 Å². The van der Waals surface area contributed by atoms with E-state index in [1.165, 1.54) is 11.5 Å². The Morgan fingerprint density at radius 3 is 2.71 bits per heavy atom. The van der Waals surface area contributed by atoms with Gasteiger partial charge in [-0.15, -0.1) is 0 Å².